The maximum absolute atomic E-state index is 12.7. The van der Waals surface area contributed by atoms with Crippen LogP contribution in [0.1, 0.15) is 29.3 Å². The molecule has 6 nitrogen and oxygen atoms in total. The second kappa shape index (κ2) is 10.2. The predicted octanol–water partition coefficient (Wildman–Crippen LogP) is 3.23. The monoisotopic (exact) mass is 451 g/mol. The second-order valence-electron chi connectivity index (χ2n) is 6.80. The van der Waals surface area contributed by atoms with E-state index in [-0.39, 0.29) is 30.3 Å². The van der Waals surface area contributed by atoms with Crippen molar-refractivity contribution in [3.8, 4) is 0 Å². The summed E-state index contributed by atoms with van der Waals surface area (Å²) in [6.07, 6.45) is 3.78. The highest BCUT2D eigenvalue weighted by Crippen LogP contribution is 2.32. The number of thioether (sulfide) groups is 1. The Balaban J connectivity index is 1.60. The third-order valence-electron chi connectivity index (χ3n) is 4.37. The summed E-state index contributed by atoms with van der Waals surface area (Å²) in [6, 6.07) is 15.6. The van der Waals surface area contributed by atoms with E-state index in [2.05, 4.69) is 5.32 Å². The summed E-state index contributed by atoms with van der Waals surface area (Å²) >= 11 is 6.51. The standard InChI is InChI=1S/C23H20N2O4S2/c1-15(12-16-6-3-2-4-7-16)13-19-21(27)25(23(30)31-19)11-10-20(26)24-18-9-5-8-17(14-18)22(28)29/h2-9,12-14H,10-11H2,1H3,(H,24,26)(H,28,29)/p-1/b15-12-,19-13-. The van der Waals surface area contributed by atoms with Gasteiger partial charge in [-0.05, 0) is 41.8 Å². The van der Waals surface area contributed by atoms with Gasteiger partial charge in [-0.25, -0.2) is 0 Å². The number of carboxylic acids is 1. The van der Waals surface area contributed by atoms with Crippen LogP contribution in [0.5, 0.6) is 0 Å². The van der Waals surface area contributed by atoms with Gasteiger partial charge in [-0.2, -0.15) is 0 Å². The number of nitrogens with one attached hydrogen (secondary N) is 1. The molecule has 1 aliphatic rings. The molecule has 31 heavy (non-hydrogen) atoms. The van der Waals surface area contributed by atoms with Crippen LogP contribution in [0, 0.1) is 0 Å². The lowest BCUT2D eigenvalue weighted by Gasteiger charge is -2.14. The number of hydrogen-bond acceptors (Lipinski definition) is 6. The Bertz CT molecular complexity index is 1090. The van der Waals surface area contributed by atoms with E-state index >= 15 is 0 Å². The molecule has 2 amide bonds. The van der Waals surface area contributed by atoms with Crippen LogP contribution in [-0.2, 0) is 9.59 Å². The molecule has 0 spiro atoms. The Morgan fingerprint density at radius 1 is 1.16 bits per heavy atom. The fourth-order valence-corrected chi connectivity index (χ4v) is 4.27. The van der Waals surface area contributed by atoms with Crippen LogP contribution in [0.3, 0.4) is 0 Å². The van der Waals surface area contributed by atoms with Gasteiger partial charge in [0.05, 0.1) is 10.9 Å². The van der Waals surface area contributed by atoms with E-state index in [9.17, 15) is 19.5 Å². The number of carboxylic acid groups (broad SMARTS) is 1. The van der Waals surface area contributed by atoms with Crippen LogP contribution in [0.25, 0.3) is 6.08 Å². The van der Waals surface area contributed by atoms with Crippen LogP contribution in [0.15, 0.2) is 71.2 Å². The zero-order valence-corrected chi connectivity index (χ0v) is 18.3. The van der Waals surface area contributed by atoms with Gasteiger partial charge < -0.3 is 15.2 Å². The van der Waals surface area contributed by atoms with Crippen molar-refractivity contribution in [1.82, 2.24) is 4.90 Å². The number of thiocarbonyl (C=S) groups is 1. The molecular formula is C23H19N2O4S2-. The van der Waals surface area contributed by atoms with E-state index in [0.29, 0.717) is 14.9 Å². The van der Waals surface area contributed by atoms with Crippen LogP contribution >= 0.6 is 24.0 Å². The van der Waals surface area contributed by atoms with Crippen LogP contribution < -0.4 is 10.4 Å². The molecular weight excluding hydrogens is 432 g/mol. The van der Waals surface area contributed by atoms with Crippen molar-refractivity contribution in [3.63, 3.8) is 0 Å². The van der Waals surface area contributed by atoms with Crippen LogP contribution in [0.4, 0.5) is 5.69 Å². The van der Waals surface area contributed by atoms with E-state index in [1.54, 1.807) is 12.1 Å². The first-order chi connectivity index (χ1) is 14.8. The molecule has 8 heteroatoms. The number of anilines is 1. The Labute approximate surface area is 189 Å². The SMILES string of the molecule is CC(=C/c1ccccc1)/C=C1\SC(=S)N(CCC(=O)Nc2cccc(C(=O)[O-])c2)C1=O. The normalized spacial score (nSPS) is 15.5. The highest BCUT2D eigenvalue weighted by Gasteiger charge is 2.32. The van der Waals surface area contributed by atoms with Gasteiger partial charge in [0.15, 0.2) is 0 Å². The first kappa shape index (κ1) is 22.5. The Kier molecular flexibility index (Phi) is 7.38. The number of benzene rings is 2. The quantitative estimate of drug-likeness (QED) is 0.514. The molecule has 1 fully saturated rings. The van der Waals surface area contributed by atoms with E-state index < -0.39 is 5.97 Å². The Morgan fingerprint density at radius 3 is 2.61 bits per heavy atom. The fourth-order valence-electron chi connectivity index (χ4n) is 2.91. The number of carbonyl (C=O) groups is 3. The third-order valence-corrected chi connectivity index (χ3v) is 5.75. The molecule has 1 heterocycles. The average Bonchev–Trinajstić information content (AvgIpc) is 2.99. The molecule has 0 saturated carbocycles. The van der Waals surface area contributed by atoms with Gasteiger partial charge >= 0.3 is 0 Å². The minimum Gasteiger partial charge on any atom is -0.545 e. The topological polar surface area (TPSA) is 89.5 Å². The number of allylic oxidation sites excluding steroid dienone is 2. The summed E-state index contributed by atoms with van der Waals surface area (Å²) in [7, 11) is 0. The molecule has 0 unspecified atom stereocenters. The van der Waals surface area contributed by atoms with Crippen molar-refractivity contribution in [2.24, 2.45) is 0 Å². The lowest BCUT2D eigenvalue weighted by molar-refractivity contribution is -0.255. The first-order valence-corrected chi connectivity index (χ1v) is 10.7. The van der Waals surface area contributed by atoms with Gasteiger partial charge in [-0.3, -0.25) is 14.5 Å². The molecule has 1 N–H and O–H groups in total. The minimum absolute atomic E-state index is 0.0219. The lowest BCUT2D eigenvalue weighted by atomic mass is 10.1. The molecule has 0 radical (unpaired) electrons. The molecule has 3 rings (SSSR count). The maximum atomic E-state index is 12.7. The van der Waals surface area contributed by atoms with Crippen molar-refractivity contribution < 1.29 is 19.5 Å². The van der Waals surface area contributed by atoms with Crippen molar-refractivity contribution in [2.75, 3.05) is 11.9 Å². The number of aromatic carboxylic acids is 1. The smallest absolute Gasteiger partial charge is 0.266 e. The van der Waals surface area contributed by atoms with Crippen molar-refractivity contribution in [3.05, 3.63) is 82.3 Å². The second-order valence-corrected chi connectivity index (χ2v) is 8.47. The molecule has 2 aromatic carbocycles. The number of amides is 2. The summed E-state index contributed by atoms with van der Waals surface area (Å²) in [4.78, 5) is 37.8. The van der Waals surface area contributed by atoms with E-state index in [4.69, 9.17) is 12.2 Å². The van der Waals surface area contributed by atoms with Crippen molar-refractivity contribution in [1.29, 1.82) is 0 Å². The zero-order valence-electron chi connectivity index (χ0n) is 16.7. The molecule has 158 valence electrons. The average molecular weight is 452 g/mol. The highest BCUT2D eigenvalue weighted by molar-refractivity contribution is 8.26. The third kappa shape index (κ3) is 6.13. The molecule has 0 atom stereocenters. The predicted molar refractivity (Wildman–Crippen MR) is 124 cm³/mol. The number of nitrogens with zero attached hydrogens (tertiary/aromatic N) is 1. The number of hydrogen-bond donors (Lipinski definition) is 1. The van der Waals surface area contributed by atoms with Gasteiger partial charge in [0.2, 0.25) is 5.91 Å². The fraction of sp³-hybridized carbons (Fsp3) is 0.130. The molecule has 1 saturated heterocycles. The van der Waals surface area contributed by atoms with Gasteiger partial charge in [-0.1, -0.05) is 72.5 Å². The van der Waals surface area contributed by atoms with Crippen molar-refractivity contribution in [2.45, 2.75) is 13.3 Å². The van der Waals surface area contributed by atoms with Gasteiger partial charge in [0.1, 0.15) is 4.32 Å². The van der Waals surface area contributed by atoms with Gasteiger partial charge in [-0.15, -0.1) is 0 Å². The van der Waals surface area contributed by atoms with Crippen LogP contribution in [-0.4, -0.2) is 33.5 Å². The summed E-state index contributed by atoms with van der Waals surface area (Å²) in [5.74, 6) is -1.91. The van der Waals surface area contributed by atoms with Crippen molar-refractivity contribution >= 4 is 57.8 Å². The zero-order chi connectivity index (χ0) is 22.4. The molecule has 1 aliphatic heterocycles. The lowest BCUT2D eigenvalue weighted by Crippen LogP contribution is -2.31. The summed E-state index contributed by atoms with van der Waals surface area (Å²) in [5, 5.41) is 13.5. The van der Waals surface area contributed by atoms with E-state index in [1.807, 2.05) is 43.3 Å². The summed E-state index contributed by atoms with van der Waals surface area (Å²) in [6.45, 7) is 2.04. The van der Waals surface area contributed by atoms with Crippen LogP contribution in [0.2, 0.25) is 0 Å². The molecule has 0 aliphatic carbocycles. The minimum atomic E-state index is -1.32. The van der Waals surface area contributed by atoms with E-state index in [1.165, 1.54) is 34.9 Å². The molecule has 0 bridgehead atoms. The highest BCUT2D eigenvalue weighted by atomic mass is 32.2. The maximum Gasteiger partial charge on any atom is 0.266 e. The summed E-state index contributed by atoms with van der Waals surface area (Å²) in [5.41, 5.74) is 2.26. The Hall–Kier alpha value is -3.23. The number of carbonyl (C=O) groups excluding carboxylic acids is 3. The van der Waals surface area contributed by atoms with Gasteiger partial charge in [0, 0.05) is 18.7 Å². The first-order valence-electron chi connectivity index (χ1n) is 9.43. The Morgan fingerprint density at radius 2 is 1.90 bits per heavy atom. The molecule has 2 aromatic rings. The number of rotatable bonds is 7. The summed E-state index contributed by atoms with van der Waals surface area (Å²) < 4.78 is 0.399. The van der Waals surface area contributed by atoms with Gasteiger partial charge in [0.25, 0.3) is 5.91 Å². The molecule has 0 aromatic heterocycles. The largest absolute Gasteiger partial charge is 0.545 e. The van der Waals surface area contributed by atoms with E-state index in [0.717, 1.165) is 11.1 Å².